The molecule has 0 radical (unpaired) electrons. The average molecular weight is 363 g/mol. The van der Waals surface area contributed by atoms with E-state index >= 15 is 0 Å². The summed E-state index contributed by atoms with van der Waals surface area (Å²) in [5, 5.41) is 11.9. The Kier molecular flexibility index (Phi) is 5.30. The molecule has 1 N–H and O–H groups in total. The molecule has 2 heterocycles. The molecule has 0 saturated carbocycles. The van der Waals surface area contributed by atoms with Gasteiger partial charge in [0.05, 0.1) is 18.1 Å². The summed E-state index contributed by atoms with van der Waals surface area (Å²) >= 11 is 0. The van der Waals surface area contributed by atoms with Gasteiger partial charge in [-0.3, -0.25) is 9.80 Å². The Bertz CT molecular complexity index is 715. The van der Waals surface area contributed by atoms with Gasteiger partial charge in [0.25, 0.3) is 0 Å². The lowest BCUT2D eigenvalue weighted by Gasteiger charge is -2.45. The predicted molar refractivity (Wildman–Crippen MR) is 92.0 cm³/mol. The first-order valence-corrected chi connectivity index (χ1v) is 8.41. The number of nitrogens with one attached hydrogen (secondary N) is 1. The van der Waals surface area contributed by atoms with Crippen molar-refractivity contribution in [2.24, 2.45) is 4.99 Å². The standard InChI is InChI=1S/C18H20F3N5/c19-18(20,21)16-12-23-17(6-7-22,24-13-16)26-10-8-25(9-11-26)14-15-4-2-1-3-5-15/h1-5,12-13,23H,6,8-11,14H2. The summed E-state index contributed by atoms with van der Waals surface area (Å²) in [7, 11) is 0. The summed E-state index contributed by atoms with van der Waals surface area (Å²) in [5.74, 6) is -1.12. The van der Waals surface area contributed by atoms with E-state index in [1.165, 1.54) is 5.56 Å². The highest BCUT2D eigenvalue weighted by atomic mass is 19.4. The Morgan fingerprint density at radius 3 is 2.38 bits per heavy atom. The first-order valence-electron chi connectivity index (χ1n) is 8.41. The van der Waals surface area contributed by atoms with Crippen LogP contribution in [-0.2, 0) is 6.54 Å². The number of allylic oxidation sites excluding steroid dienone is 1. The van der Waals surface area contributed by atoms with Crippen LogP contribution in [0.25, 0.3) is 0 Å². The summed E-state index contributed by atoms with van der Waals surface area (Å²) < 4.78 is 38.4. The molecule has 1 saturated heterocycles. The Morgan fingerprint density at radius 1 is 1.15 bits per heavy atom. The number of hydrogen-bond acceptors (Lipinski definition) is 5. The van der Waals surface area contributed by atoms with Crippen LogP contribution in [-0.4, -0.2) is 54.2 Å². The summed E-state index contributed by atoms with van der Waals surface area (Å²) in [4.78, 5) is 8.32. The minimum atomic E-state index is -4.45. The van der Waals surface area contributed by atoms with Crippen molar-refractivity contribution in [1.29, 1.82) is 5.26 Å². The number of nitrogens with zero attached hydrogens (tertiary/aromatic N) is 4. The van der Waals surface area contributed by atoms with Crippen LogP contribution in [0.4, 0.5) is 13.2 Å². The van der Waals surface area contributed by atoms with E-state index in [2.05, 4.69) is 27.3 Å². The lowest BCUT2D eigenvalue weighted by atomic mass is 10.1. The summed E-state index contributed by atoms with van der Waals surface area (Å²) in [6.45, 7) is 3.58. The highest BCUT2D eigenvalue weighted by Gasteiger charge is 2.42. The zero-order valence-electron chi connectivity index (χ0n) is 14.2. The quantitative estimate of drug-likeness (QED) is 0.893. The summed E-state index contributed by atoms with van der Waals surface area (Å²) in [6.07, 6.45) is -2.74. The highest BCUT2D eigenvalue weighted by Crippen LogP contribution is 2.29. The maximum atomic E-state index is 12.8. The smallest absolute Gasteiger partial charge is 0.354 e. The fraction of sp³-hybridized carbons (Fsp3) is 0.444. The molecule has 8 heteroatoms. The summed E-state index contributed by atoms with van der Waals surface area (Å²) in [5.41, 5.74) is 0.382. The first-order chi connectivity index (χ1) is 12.4. The van der Waals surface area contributed by atoms with Gasteiger partial charge in [-0.1, -0.05) is 30.3 Å². The molecule has 0 amide bonds. The lowest BCUT2D eigenvalue weighted by molar-refractivity contribution is -0.0872. The molecule has 0 spiro atoms. The van der Waals surface area contributed by atoms with E-state index < -0.39 is 17.5 Å². The normalized spacial score (nSPS) is 24.6. The maximum Gasteiger partial charge on any atom is 0.419 e. The van der Waals surface area contributed by atoms with E-state index in [9.17, 15) is 13.2 Å². The zero-order chi connectivity index (χ0) is 18.6. The number of benzene rings is 1. The van der Waals surface area contributed by atoms with Gasteiger partial charge in [-0.25, -0.2) is 4.99 Å². The minimum Gasteiger partial charge on any atom is -0.354 e. The number of aliphatic imine (C=N–C) groups is 1. The third kappa shape index (κ3) is 4.06. The van der Waals surface area contributed by atoms with Crippen LogP contribution in [0.3, 0.4) is 0 Å². The molecule has 26 heavy (non-hydrogen) atoms. The Labute approximate surface area is 150 Å². The molecule has 1 aromatic rings. The number of hydrogen-bond donors (Lipinski definition) is 1. The van der Waals surface area contributed by atoms with Gasteiger partial charge < -0.3 is 5.32 Å². The van der Waals surface area contributed by atoms with E-state index in [0.717, 1.165) is 32.0 Å². The first kappa shape index (κ1) is 18.4. The van der Waals surface area contributed by atoms with Gasteiger partial charge in [0.1, 0.15) is 0 Å². The van der Waals surface area contributed by atoms with Crippen molar-refractivity contribution in [3.63, 3.8) is 0 Å². The van der Waals surface area contributed by atoms with Crippen molar-refractivity contribution < 1.29 is 13.2 Å². The molecule has 0 aromatic heterocycles. The minimum absolute atomic E-state index is 0.0240. The van der Waals surface area contributed by atoms with Crippen molar-refractivity contribution in [2.75, 3.05) is 26.2 Å². The second-order valence-electron chi connectivity index (χ2n) is 6.40. The molecule has 1 unspecified atom stereocenters. The molecule has 138 valence electrons. The molecule has 2 aliphatic heterocycles. The largest absolute Gasteiger partial charge is 0.419 e. The van der Waals surface area contributed by atoms with Crippen molar-refractivity contribution in [3.05, 3.63) is 47.7 Å². The topological polar surface area (TPSA) is 54.7 Å². The molecule has 1 fully saturated rings. The number of alkyl halides is 3. The fourth-order valence-corrected chi connectivity index (χ4v) is 3.21. The lowest BCUT2D eigenvalue weighted by Crippen LogP contribution is -2.62. The number of piperazine rings is 1. The molecule has 3 rings (SSSR count). The van der Waals surface area contributed by atoms with Gasteiger partial charge >= 0.3 is 6.18 Å². The Hall–Kier alpha value is -2.37. The van der Waals surface area contributed by atoms with Crippen LogP contribution < -0.4 is 5.32 Å². The Morgan fingerprint density at radius 2 is 1.85 bits per heavy atom. The summed E-state index contributed by atoms with van der Waals surface area (Å²) in [6, 6.07) is 12.1. The van der Waals surface area contributed by atoms with Crippen molar-refractivity contribution in [1.82, 2.24) is 15.1 Å². The second kappa shape index (κ2) is 7.48. The van der Waals surface area contributed by atoms with Crippen molar-refractivity contribution >= 4 is 6.21 Å². The van der Waals surface area contributed by atoms with E-state index in [4.69, 9.17) is 5.26 Å². The maximum absolute atomic E-state index is 12.8. The monoisotopic (exact) mass is 363 g/mol. The zero-order valence-corrected chi connectivity index (χ0v) is 14.2. The van der Waals surface area contributed by atoms with Crippen molar-refractivity contribution in [2.45, 2.75) is 24.9 Å². The van der Waals surface area contributed by atoms with Gasteiger partial charge in [0.15, 0.2) is 5.79 Å². The third-order valence-electron chi connectivity index (χ3n) is 4.67. The predicted octanol–water partition coefficient (Wildman–Crippen LogP) is 2.49. The molecular weight excluding hydrogens is 343 g/mol. The van der Waals surface area contributed by atoms with Crippen LogP contribution >= 0.6 is 0 Å². The van der Waals surface area contributed by atoms with E-state index in [1.807, 2.05) is 29.2 Å². The molecule has 2 aliphatic rings. The molecule has 1 atom stereocenters. The van der Waals surface area contributed by atoms with E-state index in [-0.39, 0.29) is 6.42 Å². The van der Waals surface area contributed by atoms with Crippen LogP contribution in [0.5, 0.6) is 0 Å². The van der Waals surface area contributed by atoms with Gasteiger partial charge in [0, 0.05) is 45.1 Å². The molecule has 1 aromatic carbocycles. The van der Waals surface area contributed by atoms with Gasteiger partial charge in [-0.15, -0.1) is 0 Å². The van der Waals surface area contributed by atoms with Crippen LogP contribution in [0.1, 0.15) is 12.0 Å². The highest BCUT2D eigenvalue weighted by molar-refractivity contribution is 5.81. The van der Waals surface area contributed by atoms with Gasteiger partial charge in [0.2, 0.25) is 0 Å². The number of halogens is 3. The van der Waals surface area contributed by atoms with Crippen LogP contribution in [0.15, 0.2) is 47.1 Å². The Balaban J connectivity index is 1.64. The molecule has 5 nitrogen and oxygen atoms in total. The molecular formula is C18H20F3N5. The number of nitriles is 1. The van der Waals surface area contributed by atoms with Gasteiger partial charge in [-0.2, -0.15) is 18.4 Å². The SMILES string of the molecule is N#CCC1(N2CCN(Cc3ccccc3)CC2)N=CC(C(F)(F)F)=CN1. The van der Waals surface area contributed by atoms with Crippen molar-refractivity contribution in [3.8, 4) is 6.07 Å². The van der Waals surface area contributed by atoms with Crippen LogP contribution in [0.2, 0.25) is 0 Å². The van der Waals surface area contributed by atoms with Gasteiger partial charge in [-0.05, 0) is 5.56 Å². The second-order valence-corrected chi connectivity index (χ2v) is 6.40. The van der Waals surface area contributed by atoms with E-state index in [1.54, 1.807) is 0 Å². The average Bonchev–Trinajstić information content (AvgIpc) is 2.63. The fourth-order valence-electron chi connectivity index (χ4n) is 3.21. The van der Waals surface area contributed by atoms with E-state index in [0.29, 0.717) is 13.1 Å². The third-order valence-corrected chi connectivity index (χ3v) is 4.67. The van der Waals surface area contributed by atoms with Crippen LogP contribution in [0, 0.1) is 11.3 Å². The molecule has 0 aliphatic carbocycles. The molecule has 0 bridgehead atoms. The number of rotatable bonds is 4.